The van der Waals surface area contributed by atoms with Crippen LogP contribution >= 0.6 is 0 Å². The molecular weight excluding hydrogens is 296 g/mol. The highest BCUT2D eigenvalue weighted by atomic mass is 16.6. The van der Waals surface area contributed by atoms with Crippen molar-refractivity contribution < 1.29 is 19.0 Å². The Morgan fingerprint density at radius 1 is 1.48 bits per heavy atom. The molecule has 0 aromatic heterocycles. The van der Waals surface area contributed by atoms with E-state index in [0.29, 0.717) is 25.6 Å². The molecule has 3 rings (SSSR count). The second-order valence-corrected chi connectivity index (χ2v) is 6.41. The van der Waals surface area contributed by atoms with E-state index in [1.807, 2.05) is 17.0 Å². The van der Waals surface area contributed by atoms with Crippen molar-refractivity contribution in [3.05, 3.63) is 29.8 Å². The van der Waals surface area contributed by atoms with Gasteiger partial charge >= 0.3 is 0 Å². The molecule has 2 aliphatic rings. The van der Waals surface area contributed by atoms with Crippen LogP contribution in [0, 0.1) is 0 Å². The van der Waals surface area contributed by atoms with Crippen molar-refractivity contribution in [1.29, 1.82) is 0 Å². The second kappa shape index (κ2) is 6.47. The van der Waals surface area contributed by atoms with Gasteiger partial charge < -0.3 is 19.9 Å². The number of benzene rings is 1. The molecule has 6 nitrogen and oxygen atoms in total. The fourth-order valence-electron chi connectivity index (χ4n) is 3.82. The maximum atomic E-state index is 11.2. The van der Waals surface area contributed by atoms with Crippen LogP contribution in [0.1, 0.15) is 17.9 Å². The fourth-order valence-corrected chi connectivity index (χ4v) is 3.82. The summed E-state index contributed by atoms with van der Waals surface area (Å²) >= 11 is 0. The quantitative estimate of drug-likeness (QED) is 0.867. The third-order valence-corrected chi connectivity index (χ3v) is 4.90. The Labute approximate surface area is 136 Å². The first-order valence-electron chi connectivity index (χ1n) is 7.87. The number of ether oxygens (including phenoxy) is 3. The summed E-state index contributed by atoms with van der Waals surface area (Å²) in [5.74, 6) is 0.837. The van der Waals surface area contributed by atoms with Gasteiger partial charge in [-0.15, -0.1) is 0 Å². The Morgan fingerprint density at radius 3 is 3.00 bits per heavy atom. The number of rotatable bonds is 5. The third-order valence-electron chi connectivity index (χ3n) is 4.90. The van der Waals surface area contributed by atoms with Crippen LogP contribution in [0.5, 0.6) is 5.75 Å². The first-order valence-corrected chi connectivity index (χ1v) is 7.87. The lowest BCUT2D eigenvalue weighted by Crippen LogP contribution is -2.42. The highest BCUT2D eigenvalue weighted by Gasteiger charge is 2.53. The zero-order valence-electron chi connectivity index (χ0n) is 13.7. The molecule has 3 atom stereocenters. The molecule has 126 valence electrons. The molecule has 1 aromatic carbocycles. The molecule has 2 N–H and O–H groups in total. The van der Waals surface area contributed by atoms with Gasteiger partial charge in [-0.3, -0.25) is 9.69 Å². The minimum atomic E-state index is -0.363. The van der Waals surface area contributed by atoms with Crippen LogP contribution in [0.25, 0.3) is 0 Å². The number of hydrogen-bond acceptors (Lipinski definition) is 5. The Morgan fingerprint density at radius 2 is 2.30 bits per heavy atom. The van der Waals surface area contributed by atoms with E-state index in [2.05, 4.69) is 12.1 Å². The molecule has 2 saturated heterocycles. The first kappa shape index (κ1) is 16.2. The first-order chi connectivity index (χ1) is 11.1. The third kappa shape index (κ3) is 3.20. The molecule has 2 aliphatic heterocycles. The molecule has 2 fully saturated rings. The number of primary amides is 1. The Hall–Kier alpha value is -1.63. The van der Waals surface area contributed by atoms with E-state index in [0.717, 1.165) is 12.2 Å². The zero-order valence-corrected chi connectivity index (χ0v) is 13.7. The number of amides is 1. The van der Waals surface area contributed by atoms with Gasteiger partial charge in [0.15, 0.2) is 0 Å². The standard InChI is InChI=1S/C17H24N2O4/c1-21-14-5-3-4-12(6-14)13-7-17(23-10-13)11-19(9-16(18)20)8-15(17)22-2/h3-6,13,15H,7-11H2,1-2H3,(H2,18,20)/t13-,15-,17-/m1/s1. The lowest BCUT2D eigenvalue weighted by molar-refractivity contribution is -0.119. The van der Waals surface area contributed by atoms with E-state index in [9.17, 15) is 4.79 Å². The summed E-state index contributed by atoms with van der Waals surface area (Å²) in [5, 5.41) is 0. The van der Waals surface area contributed by atoms with Gasteiger partial charge in [-0.25, -0.2) is 0 Å². The van der Waals surface area contributed by atoms with Crippen LogP contribution in [0.3, 0.4) is 0 Å². The topological polar surface area (TPSA) is 74.0 Å². The van der Waals surface area contributed by atoms with Gasteiger partial charge in [-0.05, 0) is 24.1 Å². The van der Waals surface area contributed by atoms with E-state index in [1.54, 1.807) is 14.2 Å². The highest BCUT2D eigenvalue weighted by Crippen LogP contribution is 2.43. The highest BCUT2D eigenvalue weighted by molar-refractivity contribution is 5.76. The Kier molecular flexibility index (Phi) is 4.57. The molecule has 0 bridgehead atoms. The summed E-state index contributed by atoms with van der Waals surface area (Å²) in [6.07, 6.45) is 0.825. The fraction of sp³-hybridized carbons (Fsp3) is 0.588. The Bertz CT molecular complexity index is 579. The van der Waals surface area contributed by atoms with Gasteiger partial charge in [0, 0.05) is 26.1 Å². The van der Waals surface area contributed by atoms with E-state index >= 15 is 0 Å². The molecule has 0 aliphatic carbocycles. The number of carbonyl (C=O) groups excluding carboxylic acids is 1. The molecule has 1 aromatic rings. The number of methoxy groups -OCH3 is 2. The van der Waals surface area contributed by atoms with Crippen LogP contribution < -0.4 is 10.5 Å². The average molecular weight is 320 g/mol. The zero-order chi connectivity index (χ0) is 16.4. The maximum Gasteiger partial charge on any atom is 0.231 e. The van der Waals surface area contributed by atoms with E-state index < -0.39 is 0 Å². The molecular formula is C17H24N2O4. The summed E-state index contributed by atoms with van der Waals surface area (Å²) in [4.78, 5) is 13.2. The lowest BCUT2D eigenvalue weighted by Gasteiger charge is -2.28. The monoisotopic (exact) mass is 320 g/mol. The average Bonchev–Trinajstić information content (AvgIpc) is 3.11. The molecule has 1 spiro atoms. The summed E-state index contributed by atoms with van der Waals surface area (Å²) in [6, 6.07) is 8.11. The number of carbonyl (C=O) groups is 1. The van der Waals surface area contributed by atoms with Crippen molar-refractivity contribution >= 4 is 5.91 Å². The Balaban J connectivity index is 1.75. The van der Waals surface area contributed by atoms with E-state index in [4.69, 9.17) is 19.9 Å². The van der Waals surface area contributed by atoms with Crippen molar-refractivity contribution in [2.45, 2.75) is 24.0 Å². The summed E-state index contributed by atoms with van der Waals surface area (Å²) in [6.45, 7) is 2.24. The number of nitrogens with zero attached hydrogens (tertiary/aromatic N) is 1. The van der Waals surface area contributed by atoms with Crippen molar-refractivity contribution in [1.82, 2.24) is 4.90 Å². The molecule has 0 radical (unpaired) electrons. The van der Waals surface area contributed by atoms with Gasteiger partial charge in [0.1, 0.15) is 11.4 Å². The second-order valence-electron chi connectivity index (χ2n) is 6.41. The smallest absolute Gasteiger partial charge is 0.231 e. The molecule has 1 amide bonds. The SMILES string of the molecule is COc1cccc([C@H]2CO[C@]3(C2)CN(CC(N)=O)C[C@H]3OC)c1. The van der Waals surface area contributed by atoms with Crippen LogP contribution in [0.4, 0.5) is 0 Å². The van der Waals surface area contributed by atoms with Crippen LogP contribution in [-0.4, -0.2) is 63.0 Å². The van der Waals surface area contributed by atoms with Gasteiger partial charge in [-0.1, -0.05) is 12.1 Å². The van der Waals surface area contributed by atoms with Crippen molar-refractivity contribution in [3.8, 4) is 5.75 Å². The summed E-state index contributed by atoms with van der Waals surface area (Å²) < 4.78 is 17.2. The molecule has 2 heterocycles. The normalized spacial score (nSPS) is 30.9. The van der Waals surface area contributed by atoms with Crippen LogP contribution in [0.2, 0.25) is 0 Å². The molecule has 0 unspecified atom stereocenters. The van der Waals surface area contributed by atoms with E-state index in [1.165, 1.54) is 5.56 Å². The minimum Gasteiger partial charge on any atom is -0.497 e. The molecule has 23 heavy (non-hydrogen) atoms. The van der Waals surface area contributed by atoms with Crippen LogP contribution in [0.15, 0.2) is 24.3 Å². The van der Waals surface area contributed by atoms with Crippen molar-refractivity contribution in [2.75, 3.05) is 40.5 Å². The van der Waals surface area contributed by atoms with Gasteiger partial charge in [-0.2, -0.15) is 0 Å². The largest absolute Gasteiger partial charge is 0.497 e. The number of hydrogen-bond donors (Lipinski definition) is 1. The number of likely N-dealkylation sites (tertiary alicyclic amines) is 1. The summed E-state index contributed by atoms with van der Waals surface area (Å²) in [7, 11) is 3.37. The number of nitrogens with two attached hydrogens (primary N) is 1. The molecule has 0 saturated carbocycles. The lowest BCUT2D eigenvalue weighted by atomic mass is 9.87. The van der Waals surface area contributed by atoms with E-state index in [-0.39, 0.29) is 24.2 Å². The van der Waals surface area contributed by atoms with Gasteiger partial charge in [0.2, 0.25) is 5.91 Å². The van der Waals surface area contributed by atoms with Crippen molar-refractivity contribution in [3.63, 3.8) is 0 Å². The van der Waals surface area contributed by atoms with Crippen molar-refractivity contribution in [2.24, 2.45) is 5.73 Å². The predicted molar refractivity (Wildman–Crippen MR) is 85.5 cm³/mol. The summed E-state index contributed by atoms with van der Waals surface area (Å²) in [5.41, 5.74) is 6.17. The minimum absolute atomic E-state index is 0.0440. The van der Waals surface area contributed by atoms with Gasteiger partial charge in [0.05, 0.1) is 26.4 Å². The molecule has 6 heteroatoms. The maximum absolute atomic E-state index is 11.2. The van der Waals surface area contributed by atoms with Gasteiger partial charge in [0.25, 0.3) is 0 Å². The van der Waals surface area contributed by atoms with Crippen LogP contribution in [-0.2, 0) is 14.3 Å². The predicted octanol–water partition coefficient (Wildman–Crippen LogP) is 0.754.